The van der Waals surface area contributed by atoms with Gasteiger partial charge in [0.25, 0.3) is 0 Å². The Morgan fingerprint density at radius 2 is 1.96 bits per heavy atom. The van der Waals surface area contributed by atoms with Gasteiger partial charge in [-0.1, -0.05) is 12.1 Å². The molecule has 4 heterocycles. The lowest BCUT2D eigenvalue weighted by Gasteiger charge is -2.17. The number of anilines is 2. The molecule has 1 aromatic carbocycles. The second kappa shape index (κ2) is 7.20. The highest BCUT2D eigenvalue weighted by atomic mass is 32.2. The molecule has 8 heteroatoms. The average molecular weight is 392 g/mol. The van der Waals surface area contributed by atoms with E-state index in [2.05, 4.69) is 49.1 Å². The minimum absolute atomic E-state index is 0.838. The van der Waals surface area contributed by atoms with Gasteiger partial charge in [-0.25, -0.2) is 9.67 Å². The van der Waals surface area contributed by atoms with Gasteiger partial charge in [0.05, 0.1) is 28.5 Å². The molecule has 4 aromatic rings. The quantitative estimate of drug-likeness (QED) is 0.521. The summed E-state index contributed by atoms with van der Waals surface area (Å²) in [5, 5.41) is 9.95. The van der Waals surface area contributed by atoms with Gasteiger partial charge in [-0.05, 0) is 36.9 Å². The summed E-state index contributed by atoms with van der Waals surface area (Å²) in [6.07, 6.45) is 10.1. The van der Waals surface area contributed by atoms with Crippen molar-refractivity contribution in [3.8, 4) is 5.82 Å². The minimum atomic E-state index is 0.838. The van der Waals surface area contributed by atoms with E-state index in [0.29, 0.717) is 0 Å². The van der Waals surface area contributed by atoms with Crippen LogP contribution in [0.25, 0.3) is 16.7 Å². The van der Waals surface area contributed by atoms with Gasteiger partial charge in [-0.15, -0.1) is 0 Å². The Hall–Kier alpha value is -3.00. The van der Waals surface area contributed by atoms with Crippen LogP contribution in [-0.4, -0.2) is 37.6 Å². The Morgan fingerprint density at radius 1 is 1.07 bits per heavy atom. The monoisotopic (exact) mass is 391 g/mol. The third-order valence-corrected chi connectivity index (χ3v) is 5.80. The molecule has 1 N–H and O–H groups in total. The van der Waals surface area contributed by atoms with Crippen molar-refractivity contribution in [3.63, 3.8) is 0 Å². The highest BCUT2D eigenvalue weighted by molar-refractivity contribution is 8.00. The zero-order valence-electron chi connectivity index (χ0n) is 15.6. The van der Waals surface area contributed by atoms with Gasteiger partial charge in [-0.3, -0.25) is 4.68 Å². The molecule has 142 valence electrons. The zero-order valence-corrected chi connectivity index (χ0v) is 16.4. The summed E-state index contributed by atoms with van der Waals surface area (Å²) >= 11 is 1.53. The van der Waals surface area contributed by atoms with Crippen LogP contribution >= 0.6 is 11.9 Å². The molecule has 0 aliphatic carbocycles. The van der Waals surface area contributed by atoms with Gasteiger partial charge in [0, 0.05) is 49.7 Å². The molecule has 1 aliphatic rings. The van der Waals surface area contributed by atoms with Crippen molar-refractivity contribution in [1.82, 2.24) is 24.5 Å². The summed E-state index contributed by atoms with van der Waals surface area (Å²) in [7, 11) is 1.95. The van der Waals surface area contributed by atoms with Crippen molar-refractivity contribution < 1.29 is 0 Å². The number of aryl methyl sites for hydroxylation is 1. The van der Waals surface area contributed by atoms with E-state index in [0.717, 1.165) is 40.4 Å². The molecular formula is C20H21N7S. The number of para-hydroxylation sites is 1. The van der Waals surface area contributed by atoms with Crippen molar-refractivity contribution in [2.75, 3.05) is 22.7 Å². The molecule has 5 rings (SSSR count). The van der Waals surface area contributed by atoms with E-state index in [9.17, 15) is 0 Å². The van der Waals surface area contributed by atoms with E-state index in [-0.39, 0.29) is 0 Å². The molecule has 28 heavy (non-hydrogen) atoms. The molecule has 1 fully saturated rings. The summed E-state index contributed by atoms with van der Waals surface area (Å²) < 4.78 is 7.14. The number of rotatable bonds is 5. The SMILES string of the molecule is Cn1ncc2cccc(NSc3cnn(-c4cc(N5CCCC5)ccn4)c3)c21. The van der Waals surface area contributed by atoms with Gasteiger partial charge in [0.2, 0.25) is 0 Å². The maximum atomic E-state index is 4.49. The lowest BCUT2D eigenvalue weighted by atomic mass is 10.2. The van der Waals surface area contributed by atoms with Crippen LogP contribution in [-0.2, 0) is 7.05 Å². The Kier molecular flexibility index (Phi) is 4.40. The van der Waals surface area contributed by atoms with Crippen molar-refractivity contribution >= 4 is 34.2 Å². The molecule has 7 nitrogen and oxygen atoms in total. The van der Waals surface area contributed by atoms with Gasteiger partial charge in [0.15, 0.2) is 5.82 Å². The summed E-state index contributed by atoms with van der Waals surface area (Å²) in [6.45, 7) is 2.24. The van der Waals surface area contributed by atoms with Crippen molar-refractivity contribution in [2.24, 2.45) is 7.05 Å². The van der Waals surface area contributed by atoms with Crippen molar-refractivity contribution in [1.29, 1.82) is 0 Å². The zero-order chi connectivity index (χ0) is 18.9. The maximum Gasteiger partial charge on any atom is 0.155 e. The second-order valence-corrected chi connectivity index (χ2v) is 7.78. The van der Waals surface area contributed by atoms with Gasteiger partial charge in [-0.2, -0.15) is 10.2 Å². The molecule has 3 aromatic heterocycles. The third kappa shape index (κ3) is 3.20. The first-order valence-corrected chi connectivity index (χ1v) is 10.2. The first-order valence-electron chi connectivity index (χ1n) is 9.37. The number of nitrogens with one attached hydrogen (secondary N) is 1. The predicted molar refractivity (Wildman–Crippen MR) is 113 cm³/mol. The van der Waals surface area contributed by atoms with Crippen molar-refractivity contribution in [2.45, 2.75) is 17.7 Å². The Labute approximate surface area is 167 Å². The van der Waals surface area contributed by atoms with Gasteiger partial charge >= 0.3 is 0 Å². The number of hydrogen-bond acceptors (Lipinski definition) is 6. The van der Waals surface area contributed by atoms with Gasteiger partial charge < -0.3 is 9.62 Å². The maximum absolute atomic E-state index is 4.49. The van der Waals surface area contributed by atoms with Crippen LogP contribution in [0.4, 0.5) is 11.4 Å². The number of benzene rings is 1. The molecule has 0 atom stereocenters. The second-order valence-electron chi connectivity index (χ2n) is 6.90. The molecule has 1 saturated heterocycles. The number of pyridine rings is 1. The Morgan fingerprint density at radius 3 is 2.86 bits per heavy atom. The normalized spacial score (nSPS) is 14.1. The largest absolute Gasteiger partial charge is 0.371 e. The third-order valence-electron chi connectivity index (χ3n) is 5.03. The molecule has 0 saturated carbocycles. The van der Waals surface area contributed by atoms with E-state index in [1.165, 1.54) is 30.5 Å². The number of hydrogen-bond donors (Lipinski definition) is 1. The lowest BCUT2D eigenvalue weighted by molar-refractivity contribution is 0.798. The molecule has 0 amide bonds. The van der Waals surface area contributed by atoms with Crippen LogP contribution in [0.15, 0.2) is 60.0 Å². The van der Waals surface area contributed by atoms with E-state index in [1.54, 1.807) is 0 Å². The number of fused-ring (bicyclic) bond motifs is 1. The minimum Gasteiger partial charge on any atom is -0.371 e. The number of nitrogens with zero attached hydrogens (tertiary/aromatic N) is 6. The smallest absolute Gasteiger partial charge is 0.155 e. The summed E-state index contributed by atoms with van der Waals surface area (Å²) in [5.74, 6) is 0.838. The topological polar surface area (TPSA) is 63.8 Å². The standard InChI is InChI=1S/C20H21N7S/c1-25-20-15(12-22-25)5-4-6-18(20)24-28-17-13-23-27(14-17)19-11-16(7-8-21-19)26-9-2-3-10-26/h4-8,11-14,24H,2-3,9-10H2,1H3. The van der Waals surface area contributed by atoms with E-state index in [4.69, 9.17) is 0 Å². The van der Waals surface area contributed by atoms with E-state index >= 15 is 0 Å². The van der Waals surface area contributed by atoms with Crippen LogP contribution in [0.1, 0.15) is 12.8 Å². The molecule has 1 aliphatic heterocycles. The predicted octanol–water partition coefficient (Wildman–Crippen LogP) is 3.87. The molecule has 0 spiro atoms. The Bertz CT molecular complexity index is 1110. The van der Waals surface area contributed by atoms with E-state index in [1.807, 2.05) is 47.3 Å². The summed E-state index contributed by atoms with van der Waals surface area (Å²) in [5.41, 5.74) is 3.33. The highest BCUT2D eigenvalue weighted by Crippen LogP contribution is 2.28. The lowest BCUT2D eigenvalue weighted by Crippen LogP contribution is -2.17. The fraction of sp³-hybridized carbons (Fsp3) is 0.250. The summed E-state index contributed by atoms with van der Waals surface area (Å²) in [4.78, 5) is 7.91. The Balaban J connectivity index is 1.34. The molecular weight excluding hydrogens is 370 g/mol. The van der Waals surface area contributed by atoms with E-state index < -0.39 is 0 Å². The van der Waals surface area contributed by atoms with Crippen LogP contribution in [0, 0.1) is 0 Å². The average Bonchev–Trinajstić information content (AvgIpc) is 3.48. The van der Waals surface area contributed by atoms with Crippen LogP contribution in [0.2, 0.25) is 0 Å². The fourth-order valence-electron chi connectivity index (χ4n) is 3.62. The molecule has 0 bridgehead atoms. The van der Waals surface area contributed by atoms with Crippen LogP contribution in [0.3, 0.4) is 0 Å². The first kappa shape index (κ1) is 17.1. The molecule has 0 unspecified atom stereocenters. The van der Waals surface area contributed by atoms with Crippen molar-refractivity contribution in [3.05, 3.63) is 55.1 Å². The highest BCUT2D eigenvalue weighted by Gasteiger charge is 2.14. The molecule has 0 radical (unpaired) electrons. The van der Waals surface area contributed by atoms with Crippen LogP contribution in [0.5, 0.6) is 0 Å². The van der Waals surface area contributed by atoms with Gasteiger partial charge in [0.1, 0.15) is 0 Å². The fourth-order valence-corrected chi connectivity index (χ4v) is 4.26. The number of aromatic nitrogens is 5. The first-order chi connectivity index (χ1) is 13.8. The summed E-state index contributed by atoms with van der Waals surface area (Å²) in [6, 6.07) is 10.3. The van der Waals surface area contributed by atoms with Crippen LogP contribution < -0.4 is 9.62 Å².